The Kier molecular flexibility index (Phi) is 4.52. The van der Waals surface area contributed by atoms with Gasteiger partial charge in [-0.25, -0.2) is 19.9 Å². The number of thiophene rings is 1. The molecule has 0 bridgehead atoms. The number of fused-ring (bicyclic) bond motifs is 1. The Morgan fingerprint density at radius 2 is 1.54 bits per heavy atom. The molecular formula is C21H13N5S2. The van der Waals surface area contributed by atoms with Crippen LogP contribution in [0, 0.1) is 0 Å². The molecule has 1 aromatic carbocycles. The van der Waals surface area contributed by atoms with E-state index in [2.05, 4.69) is 32.5 Å². The van der Waals surface area contributed by atoms with Gasteiger partial charge in [0, 0.05) is 29.5 Å². The van der Waals surface area contributed by atoms with Gasteiger partial charge in [-0.2, -0.15) is 0 Å². The molecular weight excluding hydrogens is 386 g/mol. The lowest BCUT2D eigenvalue weighted by molar-refractivity contribution is 0.961. The molecule has 0 fully saturated rings. The van der Waals surface area contributed by atoms with Crippen molar-refractivity contribution in [2.45, 2.75) is 10.2 Å². The lowest BCUT2D eigenvalue weighted by Crippen LogP contribution is -1.95. The molecule has 0 aliphatic carbocycles. The molecule has 0 radical (unpaired) electrons. The smallest absolute Gasteiger partial charge is 0.193 e. The molecule has 0 aliphatic rings. The zero-order chi connectivity index (χ0) is 18.8. The lowest BCUT2D eigenvalue weighted by Gasteiger charge is -2.07. The van der Waals surface area contributed by atoms with Crippen LogP contribution in [0.25, 0.3) is 32.9 Å². The molecule has 0 saturated heterocycles. The van der Waals surface area contributed by atoms with Gasteiger partial charge < -0.3 is 0 Å². The van der Waals surface area contributed by atoms with Crippen LogP contribution in [0.3, 0.4) is 0 Å². The number of pyridine rings is 1. The summed E-state index contributed by atoms with van der Waals surface area (Å²) >= 11 is 3.05. The van der Waals surface area contributed by atoms with Crippen LogP contribution < -0.4 is 0 Å². The summed E-state index contributed by atoms with van der Waals surface area (Å²) < 4.78 is 0. The van der Waals surface area contributed by atoms with Crippen molar-refractivity contribution in [2.75, 3.05) is 0 Å². The zero-order valence-corrected chi connectivity index (χ0v) is 16.2. The van der Waals surface area contributed by atoms with E-state index in [0.717, 1.165) is 32.1 Å². The second-order valence-corrected chi connectivity index (χ2v) is 7.71. The fourth-order valence-electron chi connectivity index (χ4n) is 2.85. The Bertz CT molecular complexity index is 1230. The van der Waals surface area contributed by atoms with Gasteiger partial charge in [-0.1, -0.05) is 36.4 Å². The van der Waals surface area contributed by atoms with Crippen molar-refractivity contribution < 1.29 is 0 Å². The molecule has 0 N–H and O–H groups in total. The first-order chi connectivity index (χ1) is 13.9. The second kappa shape index (κ2) is 7.46. The second-order valence-electron chi connectivity index (χ2n) is 5.90. The van der Waals surface area contributed by atoms with Crippen molar-refractivity contribution >= 4 is 33.3 Å². The average molecular weight is 400 g/mol. The van der Waals surface area contributed by atoms with Gasteiger partial charge in [0.25, 0.3) is 0 Å². The summed E-state index contributed by atoms with van der Waals surface area (Å²) in [7, 11) is 0. The lowest BCUT2D eigenvalue weighted by atomic mass is 10.1. The predicted molar refractivity (Wildman–Crippen MR) is 112 cm³/mol. The largest absolute Gasteiger partial charge is 0.253 e. The molecule has 5 nitrogen and oxygen atoms in total. The first kappa shape index (κ1) is 17.0. The van der Waals surface area contributed by atoms with E-state index in [9.17, 15) is 0 Å². The highest BCUT2D eigenvalue weighted by molar-refractivity contribution is 7.99. The molecule has 28 heavy (non-hydrogen) atoms. The minimum absolute atomic E-state index is 0.605. The summed E-state index contributed by atoms with van der Waals surface area (Å²) in [5.74, 6) is 0.605. The van der Waals surface area contributed by atoms with Gasteiger partial charge in [0.1, 0.15) is 15.6 Å². The van der Waals surface area contributed by atoms with E-state index in [4.69, 9.17) is 9.97 Å². The standard InChI is InChI=1S/C21H13N5S2/c1-2-7-14(8-3-1)15-13-27-19-17(15)20(28-21-23-11-6-12-24-21)26-18(25-19)16-9-4-5-10-22-16/h1-13H. The SMILES string of the molecule is c1ccc(-c2csc3nc(-c4ccccn4)nc(Sc4ncccn4)c23)cc1. The van der Waals surface area contributed by atoms with Crippen LogP contribution in [0.1, 0.15) is 0 Å². The minimum atomic E-state index is 0.605. The van der Waals surface area contributed by atoms with Gasteiger partial charge in [-0.05, 0) is 35.5 Å². The minimum Gasteiger partial charge on any atom is -0.253 e. The van der Waals surface area contributed by atoms with Crippen LogP contribution >= 0.6 is 23.1 Å². The van der Waals surface area contributed by atoms with Crippen LogP contribution in [-0.4, -0.2) is 24.9 Å². The van der Waals surface area contributed by atoms with Gasteiger partial charge in [0.05, 0.1) is 5.39 Å². The Morgan fingerprint density at radius 3 is 2.32 bits per heavy atom. The van der Waals surface area contributed by atoms with Crippen molar-refractivity contribution in [1.82, 2.24) is 24.9 Å². The Balaban J connectivity index is 1.73. The molecule has 0 spiro atoms. The normalized spacial score (nSPS) is 11.0. The molecule has 0 aliphatic heterocycles. The van der Waals surface area contributed by atoms with Crippen LogP contribution in [0.15, 0.2) is 88.8 Å². The van der Waals surface area contributed by atoms with Crippen LogP contribution in [0.2, 0.25) is 0 Å². The molecule has 5 aromatic rings. The Morgan fingerprint density at radius 1 is 0.750 bits per heavy atom. The van der Waals surface area contributed by atoms with Crippen LogP contribution in [-0.2, 0) is 0 Å². The van der Waals surface area contributed by atoms with Gasteiger partial charge in [-0.3, -0.25) is 4.98 Å². The number of aromatic nitrogens is 5. The van der Waals surface area contributed by atoms with Crippen molar-refractivity contribution in [1.29, 1.82) is 0 Å². The maximum Gasteiger partial charge on any atom is 0.193 e. The zero-order valence-electron chi connectivity index (χ0n) is 14.6. The molecule has 5 rings (SSSR count). The van der Waals surface area contributed by atoms with Crippen LogP contribution in [0.4, 0.5) is 0 Å². The molecule has 7 heteroatoms. The fourth-order valence-corrected chi connectivity index (χ4v) is 4.70. The van der Waals surface area contributed by atoms with E-state index in [-0.39, 0.29) is 0 Å². The van der Waals surface area contributed by atoms with Crippen LogP contribution in [0.5, 0.6) is 0 Å². The third-order valence-corrected chi connectivity index (χ3v) is 5.86. The Labute approximate surface area is 169 Å². The van der Waals surface area contributed by atoms with Gasteiger partial charge >= 0.3 is 0 Å². The van der Waals surface area contributed by atoms with E-state index in [0.29, 0.717) is 11.0 Å². The van der Waals surface area contributed by atoms with Crippen molar-refractivity contribution in [2.24, 2.45) is 0 Å². The van der Waals surface area contributed by atoms with E-state index in [1.165, 1.54) is 11.8 Å². The maximum atomic E-state index is 4.84. The number of hydrogen-bond donors (Lipinski definition) is 0. The summed E-state index contributed by atoms with van der Waals surface area (Å²) in [5, 5.41) is 4.64. The molecule has 4 aromatic heterocycles. The Hall–Kier alpha value is -3.16. The monoisotopic (exact) mass is 399 g/mol. The number of hydrogen-bond acceptors (Lipinski definition) is 7. The fraction of sp³-hybridized carbons (Fsp3) is 0. The maximum absolute atomic E-state index is 4.84. The highest BCUT2D eigenvalue weighted by atomic mass is 32.2. The van der Waals surface area contributed by atoms with Crippen molar-refractivity contribution in [3.8, 4) is 22.6 Å². The van der Waals surface area contributed by atoms with E-state index >= 15 is 0 Å². The molecule has 0 unspecified atom stereocenters. The number of rotatable bonds is 4. The quantitative estimate of drug-likeness (QED) is 0.299. The molecule has 134 valence electrons. The molecule has 0 saturated carbocycles. The predicted octanol–water partition coefficient (Wildman–Crippen LogP) is 5.36. The van der Waals surface area contributed by atoms with Gasteiger partial charge in [0.2, 0.25) is 0 Å². The summed E-state index contributed by atoms with van der Waals surface area (Å²) in [4.78, 5) is 23.7. The van der Waals surface area contributed by atoms with E-state index < -0.39 is 0 Å². The van der Waals surface area contributed by atoms with E-state index in [1.54, 1.807) is 36.0 Å². The first-order valence-electron chi connectivity index (χ1n) is 8.59. The van der Waals surface area contributed by atoms with Gasteiger partial charge in [-0.15, -0.1) is 11.3 Å². The summed E-state index contributed by atoms with van der Waals surface area (Å²) in [6, 6.07) is 17.8. The highest BCUT2D eigenvalue weighted by Gasteiger charge is 2.18. The summed E-state index contributed by atoms with van der Waals surface area (Å²) in [5.41, 5.74) is 3.00. The van der Waals surface area contributed by atoms with Gasteiger partial charge in [0.15, 0.2) is 11.0 Å². The molecule has 4 heterocycles. The van der Waals surface area contributed by atoms with Crippen molar-refractivity contribution in [3.63, 3.8) is 0 Å². The summed E-state index contributed by atoms with van der Waals surface area (Å²) in [6.07, 6.45) is 5.22. The first-order valence-corrected chi connectivity index (χ1v) is 10.3. The number of nitrogens with zero attached hydrogens (tertiary/aromatic N) is 5. The third-order valence-electron chi connectivity index (χ3n) is 4.11. The summed E-state index contributed by atoms with van der Waals surface area (Å²) in [6.45, 7) is 0. The van der Waals surface area contributed by atoms with Crippen molar-refractivity contribution in [3.05, 3.63) is 78.6 Å². The average Bonchev–Trinajstić information content (AvgIpc) is 3.20. The highest BCUT2D eigenvalue weighted by Crippen LogP contribution is 2.40. The third kappa shape index (κ3) is 3.26. The molecule has 0 atom stereocenters. The number of benzene rings is 1. The molecule has 0 amide bonds. The van der Waals surface area contributed by atoms with E-state index in [1.807, 2.05) is 36.4 Å². The topological polar surface area (TPSA) is 64.5 Å².